The fourth-order valence-electron chi connectivity index (χ4n) is 2.65. The zero-order valence-electron chi connectivity index (χ0n) is 12.8. The van der Waals surface area contributed by atoms with E-state index in [2.05, 4.69) is 24.4 Å². The van der Waals surface area contributed by atoms with Gasteiger partial charge in [0, 0.05) is 24.4 Å². The molecule has 1 unspecified atom stereocenters. The van der Waals surface area contributed by atoms with Crippen LogP contribution < -0.4 is 5.32 Å². The lowest BCUT2D eigenvalue weighted by molar-refractivity contribution is -0.121. The first-order chi connectivity index (χ1) is 10.2. The third-order valence-corrected chi connectivity index (χ3v) is 4.02. The number of rotatable bonds is 7. The number of carbonyl (C=O) groups is 1. The average Bonchev–Trinajstić information content (AvgIpc) is 2.80. The minimum atomic E-state index is 0.0239. The first kappa shape index (κ1) is 15.6. The molecule has 0 fully saturated rings. The number of hydrogen-bond acceptors (Lipinski definition) is 2. The average molecular weight is 288 g/mol. The first-order valence-corrected chi connectivity index (χ1v) is 7.58. The van der Waals surface area contributed by atoms with E-state index in [0.29, 0.717) is 19.0 Å². The van der Waals surface area contributed by atoms with Crippen LogP contribution in [0.15, 0.2) is 30.3 Å². The largest absolute Gasteiger partial charge is 0.396 e. The molecule has 0 saturated heterocycles. The molecule has 1 aromatic heterocycles. The van der Waals surface area contributed by atoms with Crippen molar-refractivity contribution in [3.8, 4) is 0 Å². The molecule has 0 radical (unpaired) electrons. The molecule has 0 aliphatic carbocycles. The molecular weight excluding hydrogens is 264 g/mol. The molecule has 1 aromatic carbocycles. The summed E-state index contributed by atoms with van der Waals surface area (Å²) in [5, 5.41) is 13.1. The maximum Gasteiger partial charge on any atom is 0.239 e. The molecule has 0 saturated carbocycles. The molecule has 0 bridgehead atoms. The van der Waals surface area contributed by atoms with E-state index in [9.17, 15) is 4.79 Å². The summed E-state index contributed by atoms with van der Waals surface area (Å²) in [7, 11) is 0. The van der Waals surface area contributed by atoms with Gasteiger partial charge in [0.25, 0.3) is 0 Å². The number of aliphatic hydroxyl groups is 1. The second kappa shape index (κ2) is 7.27. The van der Waals surface area contributed by atoms with Crippen molar-refractivity contribution in [2.45, 2.75) is 33.2 Å². The standard InChI is InChI=1S/C17H24N2O2/c1-3-14(8-9-20)11-18-17(21)12-19-13(2)10-15-6-4-5-7-16(15)19/h4-7,10,14,20H,3,8-9,11-12H2,1-2H3,(H,18,21). The van der Waals surface area contributed by atoms with Crippen molar-refractivity contribution in [1.29, 1.82) is 0 Å². The van der Waals surface area contributed by atoms with Gasteiger partial charge in [-0.1, -0.05) is 31.5 Å². The number of carbonyl (C=O) groups excluding carboxylic acids is 1. The van der Waals surface area contributed by atoms with Crippen LogP contribution in [0.25, 0.3) is 10.9 Å². The number of para-hydroxylation sites is 1. The fraction of sp³-hybridized carbons (Fsp3) is 0.471. The Bertz CT molecular complexity index is 604. The molecule has 0 aliphatic heterocycles. The van der Waals surface area contributed by atoms with Gasteiger partial charge < -0.3 is 15.0 Å². The van der Waals surface area contributed by atoms with Crippen molar-refractivity contribution in [2.75, 3.05) is 13.2 Å². The quantitative estimate of drug-likeness (QED) is 0.822. The van der Waals surface area contributed by atoms with E-state index < -0.39 is 0 Å². The van der Waals surface area contributed by atoms with Crippen molar-refractivity contribution in [3.05, 3.63) is 36.0 Å². The third kappa shape index (κ3) is 3.85. The predicted octanol–water partition coefficient (Wildman–Crippen LogP) is 2.47. The number of nitrogens with one attached hydrogen (secondary N) is 1. The summed E-state index contributed by atoms with van der Waals surface area (Å²) >= 11 is 0. The van der Waals surface area contributed by atoms with Gasteiger partial charge >= 0.3 is 0 Å². The highest BCUT2D eigenvalue weighted by atomic mass is 16.3. The molecule has 1 atom stereocenters. The van der Waals surface area contributed by atoms with Gasteiger partial charge in [0.05, 0.1) is 0 Å². The van der Waals surface area contributed by atoms with Gasteiger partial charge in [0.1, 0.15) is 6.54 Å². The molecule has 0 aliphatic rings. The Labute approximate surface area is 125 Å². The van der Waals surface area contributed by atoms with E-state index in [1.807, 2.05) is 29.7 Å². The molecule has 0 spiro atoms. The molecule has 1 amide bonds. The number of amides is 1. The van der Waals surface area contributed by atoms with Gasteiger partial charge in [-0.25, -0.2) is 0 Å². The molecule has 4 heteroatoms. The van der Waals surface area contributed by atoms with Crippen LogP contribution in [0.2, 0.25) is 0 Å². The first-order valence-electron chi connectivity index (χ1n) is 7.58. The molecule has 114 valence electrons. The summed E-state index contributed by atoms with van der Waals surface area (Å²) in [5.41, 5.74) is 2.18. The van der Waals surface area contributed by atoms with Gasteiger partial charge in [-0.05, 0) is 36.8 Å². The molecule has 21 heavy (non-hydrogen) atoms. The highest BCUT2D eigenvalue weighted by Gasteiger charge is 2.11. The van der Waals surface area contributed by atoms with Gasteiger partial charge in [-0.3, -0.25) is 4.79 Å². The van der Waals surface area contributed by atoms with Crippen LogP contribution in [-0.4, -0.2) is 28.7 Å². The highest BCUT2D eigenvalue weighted by molar-refractivity contribution is 5.84. The second-order valence-corrected chi connectivity index (χ2v) is 5.52. The van der Waals surface area contributed by atoms with Crippen LogP contribution in [0.1, 0.15) is 25.5 Å². The number of fused-ring (bicyclic) bond motifs is 1. The smallest absolute Gasteiger partial charge is 0.239 e. The minimum Gasteiger partial charge on any atom is -0.396 e. The van der Waals surface area contributed by atoms with Crippen LogP contribution in [-0.2, 0) is 11.3 Å². The van der Waals surface area contributed by atoms with Crippen LogP contribution in [0.4, 0.5) is 0 Å². The van der Waals surface area contributed by atoms with Crippen LogP contribution in [0.3, 0.4) is 0 Å². The van der Waals surface area contributed by atoms with Crippen molar-refractivity contribution in [1.82, 2.24) is 9.88 Å². The second-order valence-electron chi connectivity index (χ2n) is 5.52. The lowest BCUT2D eigenvalue weighted by Crippen LogP contribution is -2.32. The van der Waals surface area contributed by atoms with Gasteiger partial charge in [-0.2, -0.15) is 0 Å². The lowest BCUT2D eigenvalue weighted by Gasteiger charge is -2.15. The maximum absolute atomic E-state index is 12.1. The monoisotopic (exact) mass is 288 g/mol. The Kier molecular flexibility index (Phi) is 5.39. The van der Waals surface area contributed by atoms with E-state index in [1.165, 1.54) is 0 Å². The number of aliphatic hydroxyl groups excluding tert-OH is 1. The fourth-order valence-corrected chi connectivity index (χ4v) is 2.65. The van der Waals surface area contributed by atoms with Crippen LogP contribution in [0.5, 0.6) is 0 Å². The van der Waals surface area contributed by atoms with Crippen molar-refractivity contribution in [2.24, 2.45) is 5.92 Å². The van der Waals surface area contributed by atoms with Crippen molar-refractivity contribution < 1.29 is 9.90 Å². The van der Waals surface area contributed by atoms with E-state index in [1.54, 1.807) is 0 Å². The van der Waals surface area contributed by atoms with E-state index in [0.717, 1.165) is 29.4 Å². The Morgan fingerprint density at radius 1 is 1.38 bits per heavy atom. The predicted molar refractivity (Wildman–Crippen MR) is 85.2 cm³/mol. The number of benzene rings is 1. The number of aryl methyl sites for hydroxylation is 1. The number of hydrogen-bond donors (Lipinski definition) is 2. The Balaban J connectivity index is 2.00. The highest BCUT2D eigenvalue weighted by Crippen LogP contribution is 2.18. The number of nitrogens with zero attached hydrogens (tertiary/aromatic N) is 1. The Morgan fingerprint density at radius 2 is 2.14 bits per heavy atom. The Hall–Kier alpha value is -1.81. The van der Waals surface area contributed by atoms with Crippen molar-refractivity contribution >= 4 is 16.8 Å². The SMILES string of the molecule is CCC(CCO)CNC(=O)Cn1c(C)cc2ccccc21. The molecule has 2 N–H and O–H groups in total. The minimum absolute atomic E-state index is 0.0239. The normalized spacial score (nSPS) is 12.5. The van der Waals surface area contributed by atoms with Crippen LogP contribution >= 0.6 is 0 Å². The molecule has 2 aromatic rings. The molecule has 2 rings (SSSR count). The summed E-state index contributed by atoms with van der Waals surface area (Å²) in [6, 6.07) is 10.2. The van der Waals surface area contributed by atoms with Gasteiger partial charge in [0.15, 0.2) is 0 Å². The molecule has 1 heterocycles. The topological polar surface area (TPSA) is 54.3 Å². The Morgan fingerprint density at radius 3 is 2.86 bits per heavy atom. The summed E-state index contributed by atoms with van der Waals surface area (Å²) < 4.78 is 2.04. The summed E-state index contributed by atoms with van der Waals surface area (Å²) in [5.74, 6) is 0.372. The zero-order chi connectivity index (χ0) is 15.2. The summed E-state index contributed by atoms with van der Waals surface area (Å²) in [6.45, 7) is 5.25. The van der Waals surface area contributed by atoms with E-state index >= 15 is 0 Å². The summed E-state index contributed by atoms with van der Waals surface area (Å²) in [4.78, 5) is 12.1. The van der Waals surface area contributed by atoms with Gasteiger partial charge in [-0.15, -0.1) is 0 Å². The maximum atomic E-state index is 12.1. The van der Waals surface area contributed by atoms with Gasteiger partial charge in [0.2, 0.25) is 5.91 Å². The summed E-state index contributed by atoms with van der Waals surface area (Å²) in [6.07, 6.45) is 1.70. The molecule has 4 nitrogen and oxygen atoms in total. The van der Waals surface area contributed by atoms with E-state index in [4.69, 9.17) is 5.11 Å². The number of aromatic nitrogens is 1. The van der Waals surface area contributed by atoms with Crippen LogP contribution in [0, 0.1) is 12.8 Å². The third-order valence-electron chi connectivity index (χ3n) is 4.02. The molecular formula is C17H24N2O2. The lowest BCUT2D eigenvalue weighted by atomic mass is 10.0. The zero-order valence-corrected chi connectivity index (χ0v) is 12.8. The van der Waals surface area contributed by atoms with Crippen molar-refractivity contribution in [3.63, 3.8) is 0 Å². The van der Waals surface area contributed by atoms with E-state index in [-0.39, 0.29) is 12.5 Å².